The summed E-state index contributed by atoms with van der Waals surface area (Å²) in [6, 6.07) is 6.25. The van der Waals surface area contributed by atoms with E-state index in [1.165, 1.54) is 17.5 Å². The normalized spacial score (nSPS) is 18.8. The lowest BCUT2D eigenvalue weighted by molar-refractivity contribution is 0.253. The van der Waals surface area contributed by atoms with Crippen molar-refractivity contribution in [1.82, 2.24) is 0 Å². The first-order valence-electron chi connectivity index (χ1n) is 5.10. The predicted molar refractivity (Wildman–Crippen MR) is 57.4 cm³/mol. The monoisotopic (exact) mass is 191 g/mol. The Morgan fingerprint density at radius 1 is 1.36 bits per heavy atom. The summed E-state index contributed by atoms with van der Waals surface area (Å²) in [5.41, 5.74) is 8.61. The Morgan fingerprint density at radius 3 is 2.50 bits per heavy atom. The molecule has 1 fully saturated rings. The second-order valence-electron chi connectivity index (χ2n) is 4.19. The third kappa shape index (κ3) is 1.40. The van der Waals surface area contributed by atoms with Crippen molar-refractivity contribution in [3.63, 3.8) is 0 Å². The van der Waals surface area contributed by atoms with Crippen molar-refractivity contribution < 1.29 is 4.74 Å². The average Bonchev–Trinajstić information content (AvgIpc) is 2.14. The van der Waals surface area contributed by atoms with Crippen LogP contribution in [-0.4, -0.2) is 7.11 Å². The van der Waals surface area contributed by atoms with Crippen LogP contribution in [0.4, 0.5) is 0 Å². The Labute approximate surface area is 85.1 Å². The first-order chi connectivity index (χ1) is 6.65. The molecular formula is C12H17NO. The number of nitrogens with two attached hydrogens (primary N) is 1. The average molecular weight is 191 g/mol. The van der Waals surface area contributed by atoms with Gasteiger partial charge in [0.1, 0.15) is 5.75 Å². The van der Waals surface area contributed by atoms with Gasteiger partial charge in [0.15, 0.2) is 0 Å². The van der Waals surface area contributed by atoms with Gasteiger partial charge in [-0.15, -0.1) is 0 Å². The standard InChI is InChI=1S/C12H17NO/c1-9-8-10(4-5-11(9)14-2)12(13)6-3-7-12/h4-5,8H,3,6-7,13H2,1-2H3. The van der Waals surface area contributed by atoms with Crippen molar-refractivity contribution in [2.24, 2.45) is 5.73 Å². The summed E-state index contributed by atoms with van der Waals surface area (Å²) in [7, 11) is 1.70. The van der Waals surface area contributed by atoms with Crippen LogP contribution in [-0.2, 0) is 5.54 Å². The molecule has 0 bridgehead atoms. The van der Waals surface area contributed by atoms with Crippen LogP contribution >= 0.6 is 0 Å². The zero-order valence-corrected chi connectivity index (χ0v) is 8.84. The van der Waals surface area contributed by atoms with Gasteiger partial charge in [-0.3, -0.25) is 0 Å². The molecule has 1 saturated carbocycles. The zero-order chi connectivity index (χ0) is 10.2. The minimum Gasteiger partial charge on any atom is -0.496 e. The SMILES string of the molecule is COc1ccc(C2(N)CCC2)cc1C. The van der Waals surface area contributed by atoms with Crippen molar-refractivity contribution in [2.45, 2.75) is 31.7 Å². The molecule has 0 aliphatic heterocycles. The van der Waals surface area contributed by atoms with E-state index in [9.17, 15) is 0 Å². The molecule has 2 rings (SSSR count). The summed E-state index contributed by atoms with van der Waals surface area (Å²) in [5.74, 6) is 0.941. The van der Waals surface area contributed by atoms with Crippen LogP contribution < -0.4 is 10.5 Å². The van der Waals surface area contributed by atoms with Crippen LogP contribution in [0, 0.1) is 6.92 Å². The molecule has 14 heavy (non-hydrogen) atoms. The highest BCUT2D eigenvalue weighted by atomic mass is 16.5. The molecule has 76 valence electrons. The van der Waals surface area contributed by atoms with E-state index in [1.54, 1.807) is 7.11 Å². The lowest BCUT2D eigenvalue weighted by Gasteiger charge is -2.38. The highest BCUT2D eigenvalue weighted by Gasteiger charge is 2.34. The highest BCUT2D eigenvalue weighted by molar-refractivity contribution is 5.39. The summed E-state index contributed by atoms with van der Waals surface area (Å²) >= 11 is 0. The van der Waals surface area contributed by atoms with Crippen molar-refractivity contribution in [1.29, 1.82) is 0 Å². The van der Waals surface area contributed by atoms with Gasteiger partial charge < -0.3 is 10.5 Å². The van der Waals surface area contributed by atoms with E-state index in [0.717, 1.165) is 18.6 Å². The fourth-order valence-electron chi connectivity index (χ4n) is 2.03. The molecule has 0 radical (unpaired) electrons. The predicted octanol–water partition coefficient (Wildman–Crippen LogP) is 2.34. The Kier molecular flexibility index (Phi) is 2.23. The minimum absolute atomic E-state index is 0.0585. The van der Waals surface area contributed by atoms with Crippen molar-refractivity contribution in [2.75, 3.05) is 7.11 Å². The smallest absolute Gasteiger partial charge is 0.121 e. The van der Waals surface area contributed by atoms with Gasteiger partial charge in [0, 0.05) is 5.54 Å². The van der Waals surface area contributed by atoms with Gasteiger partial charge in [0.25, 0.3) is 0 Å². The van der Waals surface area contributed by atoms with Gasteiger partial charge in [0.05, 0.1) is 7.11 Å². The quantitative estimate of drug-likeness (QED) is 0.778. The Hall–Kier alpha value is -1.02. The molecule has 0 amide bonds. The summed E-state index contributed by atoms with van der Waals surface area (Å²) in [6.45, 7) is 2.06. The first-order valence-corrected chi connectivity index (χ1v) is 5.10. The number of hydrogen-bond donors (Lipinski definition) is 1. The summed E-state index contributed by atoms with van der Waals surface area (Å²) < 4.78 is 5.22. The van der Waals surface area contributed by atoms with E-state index in [4.69, 9.17) is 10.5 Å². The lowest BCUT2D eigenvalue weighted by atomic mass is 9.72. The van der Waals surface area contributed by atoms with Gasteiger partial charge in [-0.2, -0.15) is 0 Å². The van der Waals surface area contributed by atoms with Gasteiger partial charge in [-0.1, -0.05) is 12.1 Å². The molecule has 0 saturated heterocycles. The molecular weight excluding hydrogens is 174 g/mol. The molecule has 2 heteroatoms. The summed E-state index contributed by atoms with van der Waals surface area (Å²) in [5, 5.41) is 0. The Bertz CT molecular complexity index is 342. The minimum atomic E-state index is -0.0585. The third-order valence-electron chi connectivity index (χ3n) is 3.22. The lowest BCUT2D eigenvalue weighted by Crippen LogP contribution is -2.43. The summed E-state index contributed by atoms with van der Waals surface area (Å²) in [6.07, 6.45) is 3.47. The molecule has 2 nitrogen and oxygen atoms in total. The van der Waals surface area contributed by atoms with Crippen LogP contribution in [0.3, 0.4) is 0 Å². The van der Waals surface area contributed by atoms with E-state index in [1.807, 2.05) is 6.07 Å². The van der Waals surface area contributed by atoms with Gasteiger partial charge >= 0.3 is 0 Å². The number of benzene rings is 1. The molecule has 1 aliphatic carbocycles. The van der Waals surface area contributed by atoms with Crippen molar-refractivity contribution in [3.8, 4) is 5.75 Å². The van der Waals surface area contributed by atoms with Gasteiger partial charge in [-0.05, 0) is 43.4 Å². The molecule has 1 aliphatic rings. The van der Waals surface area contributed by atoms with E-state index in [-0.39, 0.29) is 5.54 Å². The van der Waals surface area contributed by atoms with Crippen LogP contribution in [0.2, 0.25) is 0 Å². The third-order valence-corrected chi connectivity index (χ3v) is 3.22. The van der Waals surface area contributed by atoms with E-state index in [2.05, 4.69) is 19.1 Å². The zero-order valence-electron chi connectivity index (χ0n) is 8.84. The van der Waals surface area contributed by atoms with Gasteiger partial charge in [-0.25, -0.2) is 0 Å². The Balaban J connectivity index is 2.32. The number of hydrogen-bond acceptors (Lipinski definition) is 2. The maximum Gasteiger partial charge on any atom is 0.121 e. The molecule has 0 heterocycles. The largest absolute Gasteiger partial charge is 0.496 e. The Morgan fingerprint density at radius 2 is 2.07 bits per heavy atom. The first kappa shape index (κ1) is 9.53. The number of ether oxygens (including phenoxy) is 1. The van der Waals surface area contributed by atoms with Crippen LogP contribution in [0.25, 0.3) is 0 Å². The maximum absolute atomic E-state index is 6.24. The topological polar surface area (TPSA) is 35.2 Å². The second kappa shape index (κ2) is 3.28. The second-order valence-corrected chi connectivity index (χ2v) is 4.19. The van der Waals surface area contributed by atoms with Crippen molar-refractivity contribution in [3.05, 3.63) is 29.3 Å². The van der Waals surface area contributed by atoms with Crippen LogP contribution in [0.15, 0.2) is 18.2 Å². The van der Waals surface area contributed by atoms with Crippen molar-refractivity contribution >= 4 is 0 Å². The maximum atomic E-state index is 6.24. The molecule has 1 aromatic rings. The van der Waals surface area contributed by atoms with Gasteiger partial charge in [0.2, 0.25) is 0 Å². The molecule has 0 aromatic heterocycles. The number of methoxy groups -OCH3 is 1. The summed E-state index contributed by atoms with van der Waals surface area (Å²) in [4.78, 5) is 0. The fraction of sp³-hybridized carbons (Fsp3) is 0.500. The molecule has 0 atom stereocenters. The molecule has 0 unspecified atom stereocenters. The van der Waals surface area contributed by atoms with Crippen LogP contribution in [0.5, 0.6) is 5.75 Å². The number of rotatable bonds is 2. The van der Waals surface area contributed by atoms with E-state index in [0.29, 0.717) is 0 Å². The van der Waals surface area contributed by atoms with E-state index >= 15 is 0 Å². The molecule has 0 spiro atoms. The van der Waals surface area contributed by atoms with Crippen LogP contribution in [0.1, 0.15) is 30.4 Å². The fourth-order valence-corrected chi connectivity index (χ4v) is 2.03. The number of aryl methyl sites for hydroxylation is 1. The molecule has 2 N–H and O–H groups in total. The van der Waals surface area contributed by atoms with E-state index < -0.39 is 0 Å². The molecule has 1 aromatic carbocycles. The highest BCUT2D eigenvalue weighted by Crippen LogP contribution is 2.39.